The molecule has 1 aromatic heterocycles. The van der Waals surface area contributed by atoms with E-state index in [1.54, 1.807) is 6.07 Å². The molecule has 0 aliphatic heterocycles. The van der Waals surface area contributed by atoms with Crippen molar-refractivity contribution in [1.29, 1.82) is 0 Å². The average molecular weight is 353 g/mol. The van der Waals surface area contributed by atoms with Gasteiger partial charge in [0.05, 0.1) is 12.2 Å². The number of carboxylic acids is 1. The van der Waals surface area contributed by atoms with Crippen LogP contribution in [0, 0.1) is 5.92 Å². The van der Waals surface area contributed by atoms with Crippen LogP contribution in [0.1, 0.15) is 69.1 Å². The molecule has 0 aromatic carbocycles. The number of rotatable bonds is 10. The summed E-state index contributed by atoms with van der Waals surface area (Å²) in [6, 6.07) is 0.597. The van der Waals surface area contributed by atoms with Crippen molar-refractivity contribution in [2.45, 2.75) is 58.9 Å². The number of carboxylic acid groups (broad SMARTS) is 1. The summed E-state index contributed by atoms with van der Waals surface area (Å²) >= 11 is 0. The molecule has 8 heteroatoms. The zero-order valence-corrected chi connectivity index (χ0v) is 15.2. The highest BCUT2D eigenvalue weighted by atomic mass is 16.5. The van der Waals surface area contributed by atoms with Crippen LogP contribution in [0.2, 0.25) is 0 Å². The van der Waals surface area contributed by atoms with Crippen molar-refractivity contribution in [1.82, 2.24) is 15.8 Å². The minimum Gasteiger partial charge on any atom is -0.480 e. The van der Waals surface area contributed by atoms with E-state index in [1.165, 1.54) is 0 Å². The smallest absolute Gasteiger partial charge is 0.326 e. The van der Waals surface area contributed by atoms with E-state index < -0.39 is 23.8 Å². The number of carbonyl (C=O) groups excluding carboxylic acids is 2. The lowest BCUT2D eigenvalue weighted by molar-refractivity contribution is -0.142. The third-order valence-corrected chi connectivity index (χ3v) is 3.91. The van der Waals surface area contributed by atoms with Gasteiger partial charge in [0, 0.05) is 12.0 Å². The topological polar surface area (TPSA) is 122 Å². The third-order valence-electron chi connectivity index (χ3n) is 3.91. The molecule has 0 spiro atoms. The summed E-state index contributed by atoms with van der Waals surface area (Å²) < 4.78 is 5.03. The first kappa shape index (κ1) is 20.7. The molecule has 0 saturated heterocycles. The minimum absolute atomic E-state index is 0.0339. The highest BCUT2D eigenvalue weighted by Crippen LogP contribution is 2.22. The van der Waals surface area contributed by atoms with Crippen molar-refractivity contribution >= 4 is 17.8 Å². The second-order valence-electron chi connectivity index (χ2n) is 6.40. The van der Waals surface area contributed by atoms with E-state index >= 15 is 0 Å². The number of nitrogens with one attached hydrogen (secondary N) is 2. The Bertz CT molecular complexity index is 593. The minimum atomic E-state index is -1.10. The van der Waals surface area contributed by atoms with Crippen LogP contribution < -0.4 is 10.6 Å². The lowest BCUT2D eigenvalue weighted by atomic mass is 9.99. The van der Waals surface area contributed by atoms with Gasteiger partial charge in [0.2, 0.25) is 11.7 Å². The Balaban J connectivity index is 2.55. The number of aliphatic carboxylic acids is 1. The van der Waals surface area contributed by atoms with Gasteiger partial charge in [-0.3, -0.25) is 9.59 Å². The van der Waals surface area contributed by atoms with E-state index in [2.05, 4.69) is 15.8 Å². The predicted molar refractivity (Wildman–Crippen MR) is 91.2 cm³/mol. The van der Waals surface area contributed by atoms with E-state index in [0.29, 0.717) is 12.1 Å². The van der Waals surface area contributed by atoms with Crippen molar-refractivity contribution in [3.05, 3.63) is 17.5 Å². The maximum absolute atomic E-state index is 12.0. The second kappa shape index (κ2) is 9.80. The monoisotopic (exact) mass is 353 g/mol. The summed E-state index contributed by atoms with van der Waals surface area (Å²) in [5, 5.41) is 17.8. The maximum Gasteiger partial charge on any atom is 0.326 e. The predicted octanol–water partition coefficient (Wildman–Crippen LogP) is 1.92. The van der Waals surface area contributed by atoms with Gasteiger partial charge in [-0.05, 0) is 25.2 Å². The molecule has 140 valence electrons. The molecule has 0 unspecified atom stereocenters. The molecule has 1 aromatic rings. The molecule has 2 amide bonds. The van der Waals surface area contributed by atoms with Crippen LogP contribution >= 0.6 is 0 Å². The molecule has 0 fully saturated rings. The van der Waals surface area contributed by atoms with Crippen LogP contribution in [-0.2, 0) is 9.59 Å². The van der Waals surface area contributed by atoms with E-state index in [4.69, 9.17) is 9.63 Å². The van der Waals surface area contributed by atoms with Gasteiger partial charge < -0.3 is 20.3 Å². The standard InChI is InChI=1S/C17H27N3O5/c1-5-11(6-2)12-8-14(25-20-12)16(22)18-9-15(21)19-13(17(23)24)7-10(3)4/h8,10-11,13H,5-7,9H2,1-4H3,(H,18,22)(H,19,21)(H,23,24)/t13-/m0/s1. The van der Waals surface area contributed by atoms with E-state index in [-0.39, 0.29) is 24.1 Å². The van der Waals surface area contributed by atoms with Crippen molar-refractivity contribution in [2.24, 2.45) is 5.92 Å². The SMILES string of the molecule is CCC(CC)c1cc(C(=O)NCC(=O)N[C@@H](CC(C)C)C(=O)O)on1. The molecule has 0 saturated carbocycles. The highest BCUT2D eigenvalue weighted by molar-refractivity contribution is 5.94. The summed E-state index contributed by atoms with van der Waals surface area (Å²) in [6.07, 6.45) is 2.09. The molecule has 8 nitrogen and oxygen atoms in total. The fraction of sp³-hybridized carbons (Fsp3) is 0.647. The molecule has 1 rings (SSSR count). The van der Waals surface area contributed by atoms with Crippen LogP contribution in [0.4, 0.5) is 0 Å². The van der Waals surface area contributed by atoms with Crippen molar-refractivity contribution < 1.29 is 24.0 Å². The van der Waals surface area contributed by atoms with Crippen LogP contribution in [-0.4, -0.2) is 40.6 Å². The van der Waals surface area contributed by atoms with E-state index in [0.717, 1.165) is 12.8 Å². The van der Waals surface area contributed by atoms with E-state index in [9.17, 15) is 14.4 Å². The van der Waals surface area contributed by atoms with Gasteiger partial charge in [0.25, 0.3) is 5.91 Å². The van der Waals surface area contributed by atoms with Gasteiger partial charge >= 0.3 is 5.97 Å². The first-order valence-corrected chi connectivity index (χ1v) is 8.55. The first-order chi connectivity index (χ1) is 11.8. The fourth-order valence-corrected chi connectivity index (χ4v) is 2.48. The summed E-state index contributed by atoms with van der Waals surface area (Å²) in [6.45, 7) is 7.46. The average Bonchev–Trinajstić information content (AvgIpc) is 3.02. The summed E-state index contributed by atoms with van der Waals surface area (Å²) in [4.78, 5) is 35.0. The molecular formula is C17H27N3O5. The van der Waals surface area contributed by atoms with Gasteiger partial charge in [-0.1, -0.05) is 32.9 Å². The Kier molecular flexibility index (Phi) is 8.10. The molecule has 25 heavy (non-hydrogen) atoms. The second-order valence-corrected chi connectivity index (χ2v) is 6.40. The number of aromatic nitrogens is 1. The Morgan fingerprint density at radius 2 is 1.88 bits per heavy atom. The van der Waals surface area contributed by atoms with Crippen molar-refractivity contribution in [3.63, 3.8) is 0 Å². The zero-order valence-electron chi connectivity index (χ0n) is 15.2. The summed E-state index contributed by atoms with van der Waals surface area (Å²) in [5.74, 6) is -1.85. The number of nitrogens with zero attached hydrogens (tertiary/aromatic N) is 1. The van der Waals surface area contributed by atoms with Crippen molar-refractivity contribution in [2.75, 3.05) is 6.54 Å². The first-order valence-electron chi connectivity index (χ1n) is 8.55. The number of hydrogen-bond donors (Lipinski definition) is 3. The normalized spacial score (nSPS) is 12.2. The van der Waals surface area contributed by atoms with Gasteiger partial charge in [-0.15, -0.1) is 0 Å². The number of hydrogen-bond acceptors (Lipinski definition) is 5. The van der Waals surface area contributed by atoms with Crippen LogP contribution in [0.15, 0.2) is 10.6 Å². The lowest BCUT2D eigenvalue weighted by Gasteiger charge is -2.16. The van der Waals surface area contributed by atoms with Gasteiger partial charge in [0.15, 0.2) is 0 Å². The summed E-state index contributed by atoms with van der Waals surface area (Å²) in [5.41, 5.74) is 0.711. The van der Waals surface area contributed by atoms with Gasteiger partial charge in [0.1, 0.15) is 6.04 Å². The Morgan fingerprint density at radius 3 is 2.40 bits per heavy atom. The van der Waals surface area contributed by atoms with Crippen molar-refractivity contribution in [3.8, 4) is 0 Å². The maximum atomic E-state index is 12.0. The Labute approximate surface area is 147 Å². The fourth-order valence-electron chi connectivity index (χ4n) is 2.48. The quantitative estimate of drug-likeness (QED) is 0.591. The molecule has 0 radical (unpaired) electrons. The number of carbonyl (C=O) groups is 3. The molecule has 0 aliphatic rings. The van der Waals surface area contributed by atoms with Crippen LogP contribution in [0.3, 0.4) is 0 Å². The Morgan fingerprint density at radius 1 is 1.24 bits per heavy atom. The lowest BCUT2D eigenvalue weighted by Crippen LogP contribution is -2.46. The van der Waals surface area contributed by atoms with Crippen LogP contribution in [0.5, 0.6) is 0 Å². The molecular weight excluding hydrogens is 326 g/mol. The molecule has 1 atom stereocenters. The van der Waals surface area contributed by atoms with Gasteiger partial charge in [-0.25, -0.2) is 4.79 Å². The molecule has 3 N–H and O–H groups in total. The Hall–Kier alpha value is -2.38. The van der Waals surface area contributed by atoms with Gasteiger partial charge in [-0.2, -0.15) is 0 Å². The molecule has 1 heterocycles. The largest absolute Gasteiger partial charge is 0.480 e. The summed E-state index contributed by atoms with van der Waals surface area (Å²) in [7, 11) is 0. The third kappa shape index (κ3) is 6.56. The highest BCUT2D eigenvalue weighted by Gasteiger charge is 2.22. The molecule has 0 aliphatic carbocycles. The number of amides is 2. The van der Waals surface area contributed by atoms with E-state index in [1.807, 2.05) is 27.7 Å². The zero-order chi connectivity index (χ0) is 19.0. The van der Waals surface area contributed by atoms with Crippen LogP contribution in [0.25, 0.3) is 0 Å². The molecule has 0 bridgehead atoms.